The van der Waals surface area contributed by atoms with Crippen molar-refractivity contribution < 1.29 is 4.92 Å². The molecule has 6 rings (SSSR count). The lowest BCUT2D eigenvalue weighted by Crippen LogP contribution is -2.30. The first-order valence-corrected chi connectivity index (χ1v) is 15.4. The van der Waals surface area contributed by atoms with Crippen molar-refractivity contribution in [3.8, 4) is 6.07 Å². The van der Waals surface area contributed by atoms with E-state index in [0.717, 1.165) is 33.0 Å². The highest BCUT2D eigenvalue weighted by Crippen LogP contribution is 2.64. The molecule has 0 fully saturated rings. The van der Waals surface area contributed by atoms with E-state index in [1.165, 1.54) is 17.7 Å². The van der Waals surface area contributed by atoms with Crippen molar-refractivity contribution >= 4 is 46.8 Å². The molecule has 0 spiro atoms. The van der Waals surface area contributed by atoms with E-state index in [-0.39, 0.29) is 11.1 Å². The standard InChI is InChI=1S/C32H30N7O2P/c1-22-29-31(38(35-22)20-10-19-33)34-21-28(30-32(2,3)26-13-8-9-14-27(26)37(30)4)42(29,25-11-6-5-7-12-25)36-23-15-17-24(18-16-23)39(40)41/h5-9,11-18,21H,10,20H2,1-4H3. The van der Waals surface area contributed by atoms with Crippen LogP contribution in [-0.2, 0) is 12.0 Å². The van der Waals surface area contributed by atoms with Gasteiger partial charge in [0, 0.05) is 52.8 Å². The highest BCUT2D eigenvalue weighted by atomic mass is 31.2. The minimum Gasteiger partial charge on any atom is -0.346 e. The molecule has 42 heavy (non-hydrogen) atoms. The molecule has 0 saturated heterocycles. The van der Waals surface area contributed by atoms with Crippen LogP contribution in [0.1, 0.15) is 31.5 Å². The summed E-state index contributed by atoms with van der Waals surface area (Å²) < 4.78 is 7.41. The van der Waals surface area contributed by atoms with E-state index in [0.29, 0.717) is 24.5 Å². The van der Waals surface area contributed by atoms with E-state index >= 15 is 0 Å². The Balaban J connectivity index is 1.77. The average Bonchev–Trinajstić information content (AvgIpc) is 3.42. The molecule has 10 heteroatoms. The molecule has 1 unspecified atom stereocenters. The van der Waals surface area contributed by atoms with Gasteiger partial charge >= 0.3 is 0 Å². The molecule has 0 radical (unpaired) electrons. The third-order valence-electron chi connectivity index (χ3n) is 8.05. The van der Waals surface area contributed by atoms with Crippen LogP contribution in [0.2, 0.25) is 0 Å². The Morgan fingerprint density at radius 1 is 1.05 bits per heavy atom. The van der Waals surface area contributed by atoms with E-state index in [4.69, 9.17) is 14.8 Å². The quantitative estimate of drug-likeness (QED) is 0.147. The van der Waals surface area contributed by atoms with E-state index in [2.05, 4.69) is 68.3 Å². The number of aromatic nitrogens is 2. The van der Waals surface area contributed by atoms with Crippen LogP contribution < -0.4 is 15.5 Å². The second kappa shape index (κ2) is 10.2. The number of nitro benzene ring substituents is 1. The van der Waals surface area contributed by atoms with Crippen LogP contribution in [-0.4, -0.2) is 28.0 Å². The summed E-state index contributed by atoms with van der Waals surface area (Å²) in [7, 11) is -0.778. The minimum atomic E-state index is -2.87. The smallest absolute Gasteiger partial charge is 0.269 e. The van der Waals surface area contributed by atoms with Crippen molar-refractivity contribution in [1.29, 1.82) is 5.26 Å². The van der Waals surface area contributed by atoms with Gasteiger partial charge in [-0.2, -0.15) is 10.4 Å². The summed E-state index contributed by atoms with van der Waals surface area (Å²) in [6, 6.07) is 27.3. The summed E-state index contributed by atoms with van der Waals surface area (Å²) in [5.41, 5.74) is 4.54. The zero-order valence-corrected chi connectivity index (χ0v) is 24.8. The number of hydrogen-bond donors (Lipinski definition) is 0. The fraction of sp³-hybridized carbons (Fsp3) is 0.219. The minimum absolute atomic E-state index is 0.0122. The summed E-state index contributed by atoms with van der Waals surface area (Å²) in [6.45, 7) is 6.86. The summed E-state index contributed by atoms with van der Waals surface area (Å²) in [4.78, 5) is 18.3. The van der Waals surface area contributed by atoms with Crippen LogP contribution >= 0.6 is 7.05 Å². The molecule has 4 aromatic rings. The summed E-state index contributed by atoms with van der Waals surface area (Å²) in [6.07, 6.45) is 2.25. The Hall–Kier alpha value is -4.80. The largest absolute Gasteiger partial charge is 0.346 e. The number of aryl methyl sites for hydroxylation is 2. The molecular weight excluding hydrogens is 545 g/mol. The fourth-order valence-corrected chi connectivity index (χ4v) is 10.4. The molecular formula is C32H30N7O2P. The number of nitro groups is 1. The molecule has 0 bridgehead atoms. The molecule has 1 aromatic heterocycles. The summed E-state index contributed by atoms with van der Waals surface area (Å²) in [5.74, 6) is 0.700. The molecule has 0 N–H and O–H groups in total. The lowest BCUT2D eigenvalue weighted by molar-refractivity contribution is -0.384. The first kappa shape index (κ1) is 27.4. The van der Waals surface area contributed by atoms with Gasteiger partial charge in [0.25, 0.3) is 5.69 Å². The van der Waals surface area contributed by atoms with Crippen LogP contribution in [0.3, 0.4) is 0 Å². The predicted molar refractivity (Wildman–Crippen MR) is 168 cm³/mol. The van der Waals surface area contributed by atoms with Crippen LogP contribution in [0.25, 0.3) is 0 Å². The lowest BCUT2D eigenvalue weighted by atomic mass is 9.84. The first-order valence-electron chi connectivity index (χ1n) is 13.7. The van der Waals surface area contributed by atoms with Crippen LogP contribution in [0.4, 0.5) is 22.9 Å². The molecule has 0 saturated carbocycles. The number of rotatable bonds is 5. The highest BCUT2D eigenvalue weighted by molar-refractivity contribution is 7.86. The molecule has 0 aliphatic carbocycles. The van der Waals surface area contributed by atoms with Gasteiger partial charge in [0.2, 0.25) is 0 Å². The van der Waals surface area contributed by atoms with Crippen molar-refractivity contribution in [2.45, 2.75) is 39.2 Å². The number of fused-ring (bicyclic) bond motifs is 2. The molecule has 3 heterocycles. The third-order valence-corrected chi connectivity index (χ3v) is 11.8. The molecule has 9 nitrogen and oxygen atoms in total. The Morgan fingerprint density at radius 2 is 1.74 bits per heavy atom. The van der Waals surface area contributed by atoms with E-state index in [9.17, 15) is 15.4 Å². The summed E-state index contributed by atoms with van der Waals surface area (Å²) >= 11 is 0. The predicted octanol–water partition coefficient (Wildman–Crippen LogP) is 6.85. The lowest BCUT2D eigenvalue weighted by Gasteiger charge is -2.35. The van der Waals surface area contributed by atoms with Gasteiger partial charge in [0.1, 0.15) is 0 Å². The Labute approximate surface area is 244 Å². The number of likely N-dealkylation sites (N-methyl/N-ethyl adjacent to an activating group) is 1. The maximum absolute atomic E-state index is 11.4. The van der Waals surface area contributed by atoms with Gasteiger partial charge in [-0.05, 0) is 30.7 Å². The van der Waals surface area contributed by atoms with Gasteiger partial charge in [0.05, 0.1) is 47.7 Å². The number of nitriles is 1. The van der Waals surface area contributed by atoms with E-state index in [1.54, 1.807) is 12.1 Å². The van der Waals surface area contributed by atoms with Gasteiger partial charge in [-0.1, -0.05) is 62.4 Å². The normalized spacial score (nSPS) is 20.1. The molecule has 3 aromatic carbocycles. The van der Waals surface area contributed by atoms with Gasteiger partial charge in [0.15, 0.2) is 5.82 Å². The second-order valence-electron chi connectivity index (χ2n) is 10.9. The maximum Gasteiger partial charge on any atom is 0.269 e. The number of hydrogen-bond acceptors (Lipinski definition) is 7. The van der Waals surface area contributed by atoms with Gasteiger partial charge < -0.3 is 4.90 Å². The zero-order valence-electron chi connectivity index (χ0n) is 23.9. The Morgan fingerprint density at radius 3 is 2.40 bits per heavy atom. The van der Waals surface area contributed by atoms with Crippen molar-refractivity contribution in [3.63, 3.8) is 0 Å². The molecule has 2 aliphatic rings. The number of benzene rings is 3. The summed E-state index contributed by atoms with van der Waals surface area (Å²) in [5, 5.41) is 28.6. The van der Waals surface area contributed by atoms with Crippen molar-refractivity contribution in [2.24, 2.45) is 9.74 Å². The van der Waals surface area contributed by atoms with Crippen molar-refractivity contribution in [1.82, 2.24) is 9.78 Å². The zero-order chi connectivity index (χ0) is 29.6. The number of anilines is 1. The van der Waals surface area contributed by atoms with Crippen molar-refractivity contribution in [2.75, 3.05) is 11.9 Å². The van der Waals surface area contributed by atoms with Crippen molar-refractivity contribution in [3.05, 3.63) is 111 Å². The molecule has 210 valence electrons. The Bertz CT molecular complexity index is 1880. The average molecular weight is 576 g/mol. The molecule has 1 atom stereocenters. The van der Waals surface area contributed by atoms with E-state index in [1.807, 2.05) is 36.0 Å². The third kappa shape index (κ3) is 4.10. The maximum atomic E-state index is 11.4. The number of para-hydroxylation sites is 1. The second-order valence-corrected chi connectivity index (χ2v) is 13.8. The van der Waals surface area contributed by atoms with Crippen LogP contribution in [0, 0.1) is 28.4 Å². The van der Waals surface area contributed by atoms with Crippen LogP contribution in [0.5, 0.6) is 0 Å². The number of nitrogens with zero attached hydrogens (tertiary/aromatic N) is 7. The molecule has 2 aliphatic heterocycles. The van der Waals surface area contributed by atoms with E-state index < -0.39 is 12.0 Å². The SMILES string of the molecule is Cc1nn(CCC#N)c2c1P(=Nc1ccc([N+](=O)[O-])cc1)(c1ccccc1)C(=C1N(C)c3ccccc3C1(C)C)C=N2. The van der Waals surface area contributed by atoms with Gasteiger partial charge in [-0.25, -0.2) is 9.67 Å². The van der Waals surface area contributed by atoms with Gasteiger partial charge in [-0.3, -0.25) is 14.9 Å². The topological polar surface area (TPSA) is 113 Å². The van der Waals surface area contributed by atoms with Gasteiger partial charge in [-0.15, -0.1) is 0 Å². The molecule has 0 amide bonds. The Kier molecular flexibility index (Phi) is 6.67. The number of allylic oxidation sites excluding steroid dienone is 2. The fourth-order valence-electron chi connectivity index (χ4n) is 6.26. The van der Waals surface area contributed by atoms with Crippen LogP contribution in [0.15, 0.2) is 99.6 Å². The monoisotopic (exact) mass is 575 g/mol. The highest BCUT2D eigenvalue weighted by Gasteiger charge is 2.47. The first-order chi connectivity index (χ1) is 20.2. The number of aliphatic imine (C=N–C) groups is 1. The number of non-ortho nitro benzene ring substituents is 1.